The fourth-order valence-electron chi connectivity index (χ4n) is 1.26. The van der Waals surface area contributed by atoms with E-state index < -0.39 is 21.2 Å². The van der Waals surface area contributed by atoms with Crippen molar-refractivity contribution in [3.63, 3.8) is 0 Å². The van der Waals surface area contributed by atoms with Gasteiger partial charge in [-0.25, -0.2) is 8.42 Å². The number of rotatable bonds is 7. The van der Waals surface area contributed by atoms with Crippen LogP contribution in [0, 0.1) is 0 Å². The number of hydrogen-bond acceptors (Lipinski definition) is 4. The van der Waals surface area contributed by atoms with Crippen molar-refractivity contribution in [2.24, 2.45) is 0 Å². The van der Waals surface area contributed by atoms with Crippen molar-refractivity contribution in [3.8, 4) is 5.75 Å². The smallest absolute Gasteiger partial charge is 0.323 e. The maximum atomic E-state index is 11.8. The number of nitrogens with one attached hydrogen (secondary N) is 1. The molecule has 19 heavy (non-hydrogen) atoms. The maximum Gasteiger partial charge on any atom is 0.323 e. The predicted molar refractivity (Wildman–Crippen MR) is 71.9 cm³/mol. The highest BCUT2D eigenvalue weighted by molar-refractivity contribution is 7.94. The third-order valence-corrected chi connectivity index (χ3v) is 4.05. The zero-order chi connectivity index (χ0) is 14.5. The summed E-state index contributed by atoms with van der Waals surface area (Å²) in [4.78, 5) is 10.7. The lowest BCUT2D eigenvalue weighted by molar-refractivity contribution is -0.136. The second-order valence-electron chi connectivity index (χ2n) is 3.97. The third-order valence-electron chi connectivity index (χ3n) is 2.41. The molecule has 7 heteroatoms. The summed E-state index contributed by atoms with van der Waals surface area (Å²) < 4.78 is 31.3. The molecule has 0 bridgehead atoms. The molecule has 0 fully saturated rings. The second-order valence-corrected chi connectivity index (χ2v) is 5.97. The monoisotopic (exact) mass is 287 g/mol. The zero-order valence-corrected chi connectivity index (χ0v) is 11.6. The molecule has 106 valence electrons. The quantitative estimate of drug-likeness (QED) is 0.796. The van der Waals surface area contributed by atoms with Crippen LogP contribution in [0.15, 0.2) is 24.3 Å². The lowest BCUT2D eigenvalue weighted by Gasteiger charge is -2.14. The minimum Gasteiger partial charge on any atom is -0.491 e. The van der Waals surface area contributed by atoms with Crippen molar-refractivity contribution in [1.82, 2.24) is 0 Å². The Bertz CT molecular complexity index is 541. The minimum atomic E-state index is -3.99. The first-order valence-electron chi connectivity index (χ1n) is 5.84. The number of para-hydroxylation sites is 2. The molecule has 0 heterocycles. The summed E-state index contributed by atoms with van der Waals surface area (Å²) in [6, 6.07) is 6.50. The molecule has 0 aliphatic heterocycles. The fourth-order valence-corrected chi connectivity index (χ4v) is 2.18. The van der Waals surface area contributed by atoms with Crippen molar-refractivity contribution in [1.29, 1.82) is 0 Å². The zero-order valence-electron chi connectivity index (χ0n) is 10.8. The SMILES string of the molecule is CCCOc1ccccc1NS(=O)(=O)C(C)C(=O)O. The molecule has 1 atom stereocenters. The van der Waals surface area contributed by atoms with Crippen LogP contribution in [0.2, 0.25) is 0 Å². The normalized spacial score (nSPS) is 12.7. The molecule has 2 N–H and O–H groups in total. The number of anilines is 1. The Morgan fingerprint density at radius 3 is 2.63 bits per heavy atom. The van der Waals surface area contributed by atoms with Crippen LogP contribution in [0.25, 0.3) is 0 Å². The van der Waals surface area contributed by atoms with E-state index in [4.69, 9.17) is 9.84 Å². The van der Waals surface area contributed by atoms with E-state index in [1.54, 1.807) is 18.2 Å². The van der Waals surface area contributed by atoms with E-state index in [2.05, 4.69) is 4.72 Å². The van der Waals surface area contributed by atoms with Gasteiger partial charge in [0.2, 0.25) is 10.0 Å². The van der Waals surface area contributed by atoms with Crippen LogP contribution in [0.5, 0.6) is 5.75 Å². The molecule has 0 aliphatic carbocycles. The summed E-state index contributed by atoms with van der Waals surface area (Å²) in [5.41, 5.74) is 0.240. The molecule has 0 saturated heterocycles. The summed E-state index contributed by atoms with van der Waals surface area (Å²) in [7, 11) is -3.99. The Balaban J connectivity index is 2.96. The van der Waals surface area contributed by atoms with Crippen LogP contribution in [0.4, 0.5) is 5.69 Å². The van der Waals surface area contributed by atoms with Gasteiger partial charge in [-0.15, -0.1) is 0 Å². The molecule has 6 nitrogen and oxygen atoms in total. The molecule has 1 aromatic rings. The number of hydrogen-bond donors (Lipinski definition) is 2. The van der Waals surface area contributed by atoms with E-state index in [1.807, 2.05) is 6.92 Å². The van der Waals surface area contributed by atoms with Crippen molar-refractivity contribution in [2.45, 2.75) is 25.5 Å². The first-order valence-corrected chi connectivity index (χ1v) is 7.39. The average Bonchev–Trinajstić information content (AvgIpc) is 2.36. The standard InChI is InChI=1S/C12H17NO5S/c1-3-8-18-11-7-5-4-6-10(11)13-19(16,17)9(2)12(14)15/h4-7,9,13H,3,8H2,1-2H3,(H,14,15). The van der Waals surface area contributed by atoms with E-state index in [0.29, 0.717) is 12.4 Å². The molecule has 0 saturated carbocycles. The van der Waals surface area contributed by atoms with E-state index in [0.717, 1.165) is 13.3 Å². The van der Waals surface area contributed by atoms with Crippen LogP contribution in [-0.2, 0) is 14.8 Å². The van der Waals surface area contributed by atoms with Crippen molar-refractivity contribution >= 4 is 21.7 Å². The summed E-state index contributed by atoms with van der Waals surface area (Å²) in [5.74, 6) is -1.02. The number of benzene rings is 1. The summed E-state index contributed by atoms with van der Waals surface area (Å²) in [5, 5.41) is 7.22. The van der Waals surface area contributed by atoms with E-state index >= 15 is 0 Å². The largest absolute Gasteiger partial charge is 0.491 e. The minimum absolute atomic E-state index is 0.240. The lowest BCUT2D eigenvalue weighted by atomic mass is 10.3. The molecule has 0 aliphatic rings. The van der Waals surface area contributed by atoms with Gasteiger partial charge in [-0.05, 0) is 25.5 Å². The Hall–Kier alpha value is -1.76. The summed E-state index contributed by atoms with van der Waals surface area (Å²) in [6.07, 6.45) is 0.784. The van der Waals surface area contributed by atoms with Gasteiger partial charge in [0.15, 0.2) is 5.25 Å². The maximum absolute atomic E-state index is 11.8. The van der Waals surface area contributed by atoms with Crippen molar-refractivity contribution in [2.75, 3.05) is 11.3 Å². The van der Waals surface area contributed by atoms with Crippen LogP contribution < -0.4 is 9.46 Å². The van der Waals surface area contributed by atoms with Crippen molar-refractivity contribution < 1.29 is 23.1 Å². The molecular formula is C12H17NO5S. The van der Waals surface area contributed by atoms with Crippen LogP contribution >= 0.6 is 0 Å². The highest BCUT2D eigenvalue weighted by Gasteiger charge is 2.28. The van der Waals surface area contributed by atoms with Gasteiger partial charge in [-0.2, -0.15) is 0 Å². The molecule has 1 rings (SSSR count). The first kappa shape index (κ1) is 15.3. The second kappa shape index (κ2) is 6.42. The lowest BCUT2D eigenvalue weighted by Crippen LogP contribution is -2.32. The topological polar surface area (TPSA) is 92.7 Å². The molecule has 0 spiro atoms. The molecular weight excluding hydrogens is 270 g/mol. The highest BCUT2D eigenvalue weighted by Crippen LogP contribution is 2.25. The van der Waals surface area contributed by atoms with Gasteiger partial charge in [-0.3, -0.25) is 9.52 Å². The first-order chi connectivity index (χ1) is 8.88. The Morgan fingerprint density at radius 2 is 2.05 bits per heavy atom. The van der Waals surface area contributed by atoms with Crippen molar-refractivity contribution in [3.05, 3.63) is 24.3 Å². The molecule has 0 aromatic heterocycles. The Morgan fingerprint density at radius 1 is 1.42 bits per heavy atom. The highest BCUT2D eigenvalue weighted by atomic mass is 32.2. The number of carbonyl (C=O) groups is 1. The van der Waals surface area contributed by atoms with Crippen LogP contribution in [-0.4, -0.2) is 31.4 Å². The van der Waals surface area contributed by atoms with E-state index in [-0.39, 0.29) is 5.69 Å². The molecule has 0 amide bonds. The molecule has 1 aromatic carbocycles. The molecule has 0 radical (unpaired) electrons. The van der Waals surface area contributed by atoms with Gasteiger partial charge in [0.05, 0.1) is 12.3 Å². The van der Waals surface area contributed by atoms with Gasteiger partial charge in [0.25, 0.3) is 0 Å². The number of ether oxygens (including phenoxy) is 1. The fraction of sp³-hybridized carbons (Fsp3) is 0.417. The van der Waals surface area contributed by atoms with Crippen LogP contribution in [0.3, 0.4) is 0 Å². The van der Waals surface area contributed by atoms with Gasteiger partial charge >= 0.3 is 5.97 Å². The van der Waals surface area contributed by atoms with Gasteiger partial charge in [0, 0.05) is 0 Å². The average molecular weight is 287 g/mol. The van der Waals surface area contributed by atoms with Gasteiger partial charge in [-0.1, -0.05) is 19.1 Å². The van der Waals surface area contributed by atoms with E-state index in [1.165, 1.54) is 6.07 Å². The van der Waals surface area contributed by atoms with E-state index in [9.17, 15) is 13.2 Å². The number of carboxylic acid groups (broad SMARTS) is 1. The molecule has 1 unspecified atom stereocenters. The Labute approximate surface area is 112 Å². The number of sulfonamides is 1. The number of aliphatic carboxylic acids is 1. The summed E-state index contributed by atoms with van der Waals surface area (Å²) >= 11 is 0. The number of carboxylic acids is 1. The Kier molecular flexibility index (Phi) is 5.17. The third kappa shape index (κ3) is 4.13. The summed E-state index contributed by atoms with van der Waals surface area (Å²) in [6.45, 7) is 3.49. The van der Waals surface area contributed by atoms with Gasteiger partial charge < -0.3 is 9.84 Å². The van der Waals surface area contributed by atoms with Gasteiger partial charge in [0.1, 0.15) is 5.75 Å². The predicted octanol–water partition coefficient (Wildman–Crippen LogP) is 1.69. The van der Waals surface area contributed by atoms with Crippen LogP contribution in [0.1, 0.15) is 20.3 Å².